The number of anilines is 2. The van der Waals surface area contributed by atoms with Crippen LogP contribution in [0, 0.1) is 0 Å². The van der Waals surface area contributed by atoms with Gasteiger partial charge in [-0.2, -0.15) is 0 Å². The van der Waals surface area contributed by atoms with Crippen molar-refractivity contribution in [1.29, 1.82) is 0 Å². The van der Waals surface area contributed by atoms with Gasteiger partial charge in [-0.15, -0.1) is 10.2 Å². The highest BCUT2D eigenvalue weighted by molar-refractivity contribution is 7.15. The van der Waals surface area contributed by atoms with Gasteiger partial charge in [0.1, 0.15) is 11.0 Å². The molecule has 0 aliphatic carbocycles. The molecule has 23 heavy (non-hydrogen) atoms. The molecule has 0 fully saturated rings. The van der Waals surface area contributed by atoms with E-state index >= 15 is 0 Å². The zero-order valence-electron chi connectivity index (χ0n) is 12.6. The summed E-state index contributed by atoms with van der Waals surface area (Å²) in [5.74, 6) is -1.70. The molecule has 0 saturated heterocycles. The van der Waals surface area contributed by atoms with Crippen molar-refractivity contribution in [2.75, 3.05) is 10.2 Å². The van der Waals surface area contributed by atoms with Crippen molar-refractivity contribution >= 4 is 39.8 Å². The van der Waals surface area contributed by atoms with E-state index in [1.165, 1.54) is 16.2 Å². The number of fused-ring (bicyclic) bond motifs is 1. The van der Waals surface area contributed by atoms with E-state index in [0.717, 1.165) is 11.4 Å². The molecule has 0 radical (unpaired) electrons. The van der Waals surface area contributed by atoms with Crippen LogP contribution in [0.15, 0.2) is 24.3 Å². The fourth-order valence-corrected chi connectivity index (χ4v) is 3.05. The maximum atomic E-state index is 12.4. The summed E-state index contributed by atoms with van der Waals surface area (Å²) in [7, 11) is 0. The van der Waals surface area contributed by atoms with Gasteiger partial charge in [-0.3, -0.25) is 24.6 Å². The molecule has 2 heterocycles. The summed E-state index contributed by atoms with van der Waals surface area (Å²) >= 11 is 1.28. The fourth-order valence-electron chi connectivity index (χ4n) is 2.37. The number of carbonyl (C=O) groups is 3. The van der Waals surface area contributed by atoms with Gasteiger partial charge in [0.15, 0.2) is 0 Å². The number of carbonyl (C=O) groups excluding carboxylic acids is 3. The zero-order chi connectivity index (χ0) is 16.6. The number of aromatic nitrogens is 2. The Labute approximate surface area is 136 Å². The normalized spacial score (nSPS) is 14.8. The molecule has 3 rings (SSSR count). The number of nitrogens with one attached hydrogen (secondary N) is 1. The standard InChI is InChI=1S/C15H14N4O3S/c1-3-11-17-18-15(23-11)16-13(21)8(2)19-10-7-5-4-6-9(10)12(20)14(19)22/h4-8H,3H2,1-2H3,(H,16,18,21). The first kappa shape index (κ1) is 15.3. The predicted molar refractivity (Wildman–Crippen MR) is 85.6 cm³/mol. The smallest absolute Gasteiger partial charge is 0.299 e. The number of hydrogen-bond acceptors (Lipinski definition) is 6. The average molecular weight is 330 g/mol. The average Bonchev–Trinajstić information content (AvgIpc) is 3.11. The van der Waals surface area contributed by atoms with Gasteiger partial charge in [-0.05, 0) is 25.5 Å². The van der Waals surface area contributed by atoms with Crippen LogP contribution in [0.2, 0.25) is 0 Å². The molecule has 0 bridgehead atoms. The van der Waals surface area contributed by atoms with E-state index < -0.39 is 23.6 Å². The van der Waals surface area contributed by atoms with Crippen LogP contribution in [0.5, 0.6) is 0 Å². The molecule has 2 amide bonds. The quantitative estimate of drug-likeness (QED) is 0.861. The molecule has 8 heteroatoms. The van der Waals surface area contributed by atoms with Crippen molar-refractivity contribution in [3.8, 4) is 0 Å². The summed E-state index contributed by atoms with van der Waals surface area (Å²) in [6.45, 7) is 3.52. The van der Waals surface area contributed by atoms with Gasteiger partial charge < -0.3 is 0 Å². The first-order chi connectivity index (χ1) is 11.0. The van der Waals surface area contributed by atoms with Gasteiger partial charge in [-0.1, -0.05) is 30.4 Å². The lowest BCUT2D eigenvalue weighted by molar-refractivity contribution is -0.120. The number of aryl methyl sites for hydroxylation is 1. The van der Waals surface area contributed by atoms with Crippen molar-refractivity contribution in [3.63, 3.8) is 0 Å². The Morgan fingerprint density at radius 1 is 1.30 bits per heavy atom. The molecule has 0 saturated carbocycles. The number of nitrogens with zero attached hydrogens (tertiary/aromatic N) is 3. The van der Waals surface area contributed by atoms with Crippen LogP contribution in [0.4, 0.5) is 10.8 Å². The zero-order valence-corrected chi connectivity index (χ0v) is 13.4. The van der Waals surface area contributed by atoms with Gasteiger partial charge in [0.05, 0.1) is 11.3 Å². The number of para-hydroxylation sites is 1. The molecule has 1 aliphatic heterocycles. The summed E-state index contributed by atoms with van der Waals surface area (Å²) in [6, 6.07) is 5.82. The molecule has 1 aliphatic rings. The Bertz CT molecular complexity index is 802. The van der Waals surface area contributed by atoms with Crippen LogP contribution in [-0.2, 0) is 16.0 Å². The summed E-state index contributed by atoms with van der Waals surface area (Å²) < 4.78 is 0. The lowest BCUT2D eigenvalue weighted by Gasteiger charge is -2.23. The van der Waals surface area contributed by atoms with E-state index in [1.807, 2.05) is 6.92 Å². The lowest BCUT2D eigenvalue weighted by atomic mass is 10.1. The van der Waals surface area contributed by atoms with Crippen molar-refractivity contribution in [3.05, 3.63) is 34.8 Å². The molecule has 1 atom stereocenters. The summed E-state index contributed by atoms with van der Waals surface area (Å²) in [6.07, 6.45) is 0.732. The topological polar surface area (TPSA) is 92.3 Å². The van der Waals surface area contributed by atoms with Gasteiger partial charge in [0, 0.05) is 0 Å². The minimum Gasteiger partial charge on any atom is -0.299 e. The van der Waals surface area contributed by atoms with Crippen LogP contribution in [-0.4, -0.2) is 33.8 Å². The second-order valence-corrected chi connectivity index (χ2v) is 6.10. The minimum atomic E-state index is -0.830. The first-order valence-corrected chi connectivity index (χ1v) is 7.94. The Morgan fingerprint density at radius 3 is 2.74 bits per heavy atom. The number of hydrogen-bond donors (Lipinski definition) is 1. The van der Waals surface area contributed by atoms with Gasteiger partial charge in [0.2, 0.25) is 11.0 Å². The minimum absolute atomic E-state index is 0.321. The van der Waals surface area contributed by atoms with E-state index in [9.17, 15) is 14.4 Å². The Balaban J connectivity index is 1.82. The van der Waals surface area contributed by atoms with Crippen molar-refractivity contribution in [2.24, 2.45) is 0 Å². The monoisotopic (exact) mass is 330 g/mol. The van der Waals surface area contributed by atoms with Crippen LogP contribution in [0.1, 0.15) is 29.2 Å². The van der Waals surface area contributed by atoms with Crippen molar-refractivity contribution < 1.29 is 14.4 Å². The van der Waals surface area contributed by atoms with Crippen molar-refractivity contribution in [1.82, 2.24) is 10.2 Å². The third-order valence-corrected chi connectivity index (χ3v) is 4.57. The molecule has 1 unspecified atom stereocenters. The van der Waals surface area contributed by atoms with Crippen LogP contribution in [0.3, 0.4) is 0 Å². The molecule has 1 aromatic carbocycles. The number of Topliss-reactive ketones (excluding diaryl/α,β-unsaturated/α-hetero) is 1. The molecule has 2 aromatic rings. The number of ketones is 1. The summed E-state index contributed by atoms with van der Waals surface area (Å²) in [4.78, 5) is 37.8. The van der Waals surface area contributed by atoms with E-state index in [-0.39, 0.29) is 0 Å². The third kappa shape index (κ3) is 2.61. The highest BCUT2D eigenvalue weighted by Crippen LogP contribution is 2.30. The second kappa shape index (κ2) is 5.88. The number of amides is 2. The summed E-state index contributed by atoms with van der Waals surface area (Å²) in [5, 5.41) is 11.6. The van der Waals surface area contributed by atoms with E-state index in [2.05, 4.69) is 15.5 Å². The Morgan fingerprint density at radius 2 is 2.04 bits per heavy atom. The Hall–Kier alpha value is -2.61. The van der Waals surface area contributed by atoms with Gasteiger partial charge in [0.25, 0.3) is 11.7 Å². The molecule has 7 nitrogen and oxygen atoms in total. The predicted octanol–water partition coefficient (Wildman–Crippen LogP) is 1.66. The molecular weight excluding hydrogens is 316 g/mol. The maximum absolute atomic E-state index is 12.4. The largest absolute Gasteiger partial charge is 0.300 e. The number of benzene rings is 1. The number of rotatable bonds is 4. The second-order valence-electron chi connectivity index (χ2n) is 5.04. The molecule has 1 N–H and O–H groups in total. The molecular formula is C15H14N4O3S. The van der Waals surface area contributed by atoms with Gasteiger partial charge >= 0.3 is 0 Å². The first-order valence-electron chi connectivity index (χ1n) is 7.13. The summed E-state index contributed by atoms with van der Waals surface area (Å²) in [5.41, 5.74) is 0.776. The van der Waals surface area contributed by atoms with E-state index in [0.29, 0.717) is 16.4 Å². The molecule has 118 valence electrons. The van der Waals surface area contributed by atoms with Crippen LogP contribution >= 0.6 is 11.3 Å². The van der Waals surface area contributed by atoms with Crippen LogP contribution in [0.25, 0.3) is 0 Å². The van der Waals surface area contributed by atoms with E-state index in [1.54, 1.807) is 31.2 Å². The van der Waals surface area contributed by atoms with Gasteiger partial charge in [-0.25, -0.2) is 0 Å². The maximum Gasteiger partial charge on any atom is 0.300 e. The fraction of sp³-hybridized carbons (Fsp3) is 0.267. The highest BCUT2D eigenvalue weighted by atomic mass is 32.1. The van der Waals surface area contributed by atoms with Crippen molar-refractivity contribution in [2.45, 2.75) is 26.3 Å². The third-order valence-electron chi connectivity index (χ3n) is 3.59. The van der Waals surface area contributed by atoms with E-state index in [4.69, 9.17) is 0 Å². The highest BCUT2D eigenvalue weighted by Gasteiger charge is 2.40. The SMILES string of the molecule is CCc1nnc(NC(=O)C(C)N2C(=O)C(=O)c3ccccc32)s1. The lowest BCUT2D eigenvalue weighted by Crippen LogP contribution is -2.45. The Kier molecular flexibility index (Phi) is 3.91. The molecule has 1 aromatic heterocycles. The van der Waals surface area contributed by atoms with Crippen LogP contribution < -0.4 is 10.2 Å². The molecule has 0 spiro atoms.